The summed E-state index contributed by atoms with van der Waals surface area (Å²) in [7, 11) is 1.42. The second-order valence-corrected chi connectivity index (χ2v) is 10.4. The topological polar surface area (TPSA) is 136 Å². The quantitative estimate of drug-likeness (QED) is 0.351. The van der Waals surface area contributed by atoms with Gasteiger partial charge in [0.1, 0.15) is 12.4 Å². The van der Waals surface area contributed by atoms with Crippen molar-refractivity contribution in [1.82, 2.24) is 24.5 Å². The molecule has 0 spiro atoms. The third-order valence-electron chi connectivity index (χ3n) is 8.13. The normalized spacial score (nSPS) is 20.2. The fraction of sp³-hybridized carbons (Fsp3) is 0.345. The van der Waals surface area contributed by atoms with Gasteiger partial charge >= 0.3 is 0 Å². The number of aliphatic hydroxyl groups is 1. The second kappa shape index (κ2) is 9.98. The number of aliphatic hydroxyl groups excluding tert-OH is 1. The molecule has 3 aromatic heterocycles. The number of anilines is 1. The first-order valence-corrected chi connectivity index (χ1v) is 13.2. The van der Waals surface area contributed by atoms with Crippen molar-refractivity contribution in [3.05, 3.63) is 59.8 Å². The van der Waals surface area contributed by atoms with Crippen LogP contribution in [0.15, 0.2) is 42.7 Å². The number of rotatable bonds is 6. The van der Waals surface area contributed by atoms with E-state index in [0.29, 0.717) is 46.6 Å². The number of hydrogen-bond donors (Lipinski definition) is 2. The van der Waals surface area contributed by atoms with Crippen LogP contribution in [0.4, 0.5) is 10.2 Å². The third-order valence-corrected chi connectivity index (χ3v) is 8.13. The van der Waals surface area contributed by atoms with Crippen molar-refractivity contribution >= 4 is 23.2 Å². The number of benzene rings is 1. The fourth-order valence-corrected chi connectivity index (χ4v) is 6.33. The number of hydrogen-bond acceptors (Lipinski definition) is 8. The number of nitrogens with two attached hydrogens (primary N) is 1. The van der Waals surface area contributed by atoms with Gasteiger partial charge in [0.15, 0.2) is 23.0 Å². The predicted octanol–water partition coefficient (Wildman–Crippen LogP) is 3.62. The van der Waals surface area contributed by atoms with E-state index in [4.69, 9.17) is 15.5 Å². The Morgan fingerprint density at radius 2 is 1.85 bits per heavy atom. The molecule has 40 heavy (non-hydrogen) atoms. The van der Waals surface area contributed by atoms with Gasteiger partial charge in [0.2, 0.25) is 5.91 Å². The van der Waals surface area contributed by atoms with Crippen molar-refractivity contribution in [1.29, 1.82) is 0 Å². The molecule has 2 aliphatic heterocycles. The number of ether oxygens (including phenoxy) is 1. The average Bonchev–Trinajstić information content (AvgIpc) is 3.50. The molecule has 2 aliphatic rings. The van der Waals surface area contributed by atoms with Gasteiger partial charge in [-0.1, -0.05) is 6.07 Å². The molecule has 1 aromatic carbocycles. The standard InChI is InChI=1S/C29H29FN6O4/c1-15(38)26-27(18-9-19-5-6-20(10-18)35(19)25(39)14-37)34-29-21(13-33-36(29)28(26)31)17-3-7-23(32-12-17)16-4-8-24(40-2)22(30)11-16/h3-4,7-8,11-13,18-20,37H,5-6,9-10,14,31H2,1-2H3/t18-,19+,20-. The summed E-state index contributed by atoms with van der Waals surface area (Å²) in [4.78, 5) is 36.4. The SMILES string of the molecule is COc1ccc(-c2ccc(-c3cnn4c(N)c(C(C)=O)c([C@H]5C[C@H]6CC[C@@H](C5)N6C(=O)CO)nc34)cn2)cc1F. The van der Waals surface area contributed by atoms with E-state index in [1.807, 2.05) is 6.07 Å². The molecule has 3 N–H and O–H groups in total. The van der Waals surface area contributed by atoms with Gasteiger partial charge in [0, 0.05) is 40.9 Å². The summed E-state index contributed by atoms with van der Waals surface area (Å²) in [5.74, 6) is -0.611. The average molecular weight is 545 g/mol. The number of ketones is 1. The third kappa shape index (κ3) is 4.17. The fourth-order valence-electron chi connectivity index (χ4n) is 6.33. The first kappa shape index (κ1) is 25.9. The zero-order valence-corrected chi connectivity index (χ0v) is 22.2. The Labute approximate surface area is 229 Å². The number of carbonyl (C=O) groups is 2. The molecule has 6 rings (SSSR count). The monoisotopic (exact) mass is 544 g/mol. The first-order valence-electron chi connectivity index (χ1n) is 13.2. The van der Waals surface area contributed by atoms with Gasteiger partial charge in [-0.05, 0) is 56.9 Å². The lowest BCUT2D eigenvalue weighted by Crippen LogP contribution is -2.47. The van der Waals surface area contributed by atoms with Crippen LogP contribution in [-0.4, -0.2) is 67.1 Å². The zero-order chi connectivity index (χ0) is 28.1. The molecule has 11 heteroatoms. The molecule has 2 saturated heterocycles. The summed E-state index contributed by atoms with van der Waals surface area (Å²) in [6.07, 6.45) is 6.31. The van der Waals surface area contributed by atoms with Crippen LogP contribution in [0.2, 0.25) is 0 Å². The number of amides is 1. The number of pyridine rings is 1. The van der Waals surface area contributed by atoms with Gasteiger partial charge in [-0.15, -0.1) is 0 Å². The van der Waals surface area contributed by atoms with Crippen molar-refractivity contribution in [2.45, 2.75) is 50.6 Å². The first-order chi connectivity index (χ1) is 19.3. The maximum Gasteiger partial charge on any atom is 0.248 e. The van der Waals surface area contributed by atoms with Crippen LogP contribution in [0.1, 0.15) is 54.6 Å². The van der Waals surface area contributed by atoms with Gasteiger partial charge < -0.3 is 20.5 Å². The molecule has 206 valence electrons. The lowest BCUT2D eigenvalue weighted by Gasteiger charge is -2.39. The van der Waals surface area contributed by atoms with Crippen molar-refractivity contribution in [2.75, 3.05) is 19.5 Å². The smallest absolute Gasteiger partial charge is 0.248 e. The molecule has 0 radical (unpaired) electrons. The van der Waals surface area contributed by atoms with E-state index in [9.17, 15) is 19.1 Å². The van der Waals surface area contributed by atoms with E-state index in [1.165, 1.54) is 24.6 Å². The van der Waals surface area contributed by atoms with Crippen molar-refractivity contribution < 1.29 is 23.8 Å². The number of halogens is 1. The largest absolute Gasteiger partial charge is 0.494 e. The molecule has 0 unspecified atom stereocenters. The number of methoxy groups -OCH3 is 1. The van der Waals surface area contributed by atoms with Crippen LogP contribution in [0, 0.1) is 5.82 Å². The van der Waals surface area contributed by atoms with Crippen LogP contribution in [0.3, 0.4) is 0 Å². The second-order valence-electron chi connectivity index (χ2n) is 10.4. The molecule has 3 atom stereocenters. The lowest BCUT2D eigenvalue weighted by atomic mass is 9.85. The Morgan fingerprint density at radius 3 is 2.45 bits per heavy atom. The lowest BCUT2D eigenvalue weighted by molar-refractivity contribution is -0.138. The number of nitrogens with zero attached hydrogens (tertiary/aromatic N) is 5. The minimum Gasteiger partial charge on any atom is -0.494 e. The molecule has 10 nitrogen and oxygen atoms in total. The van der Waals surface area contributed by atoms with E-state index in [1.54, 1.807) is 35.5 Å². The van der Waals surface area contributed by atoms with E-state index >= 15 is 0 Å². The van der Waals surface area contributed by atoms with Crippen LogP contribution in [0.25, 0.3) is 28.0 Å². The Hall–Kier alpha value is -4.38. The van der Waals surface area contributed by atoms with Crippen molar-refractivity contribution in [3.63, 3.8) is 0 Å². The Bertz CT molecular complexity index is 1620. The molecule has 1 amide bonds. The highest BCUT2D eigenvalue weighted by Gasteiger charge is 2.44. The molecule has 0 aliphatic carbocycles. The number of Topliss-reactive ketones (excluding diaryl/α,β-unsaturated/α-hetero) is 1. The van der Waals surface area contributed by atoms with E-state index in [-0.39, 0.29) is 41.3 Å². The summed E-state index contributed by atoms with van der Waals surface area (Å²) < 4.78 is 20.7. The summed E-state index contributed by atoms with van der Waals surface area (Å²) in [6, 6.07) is 8.31. The number of aromatic nitrogens is 4. The highest BCUT2D eigenvalue weighted by Crippen LogP contribution is 2.44. The Morgan fingerprint density at radius 1 is 1.12 bits per heavy atom. The van der Waals surface area contributed by atoms with Crippen LogP contribution < -0.4 is 10.5 Å². The van der Waals surface area contributed by atoms with E-state index in [0.717, 1.165) is 18.4 Å². The summed E-state index contributed by atoms with van der Waals surface area (Å²) in [5.41, 5.74) is 10.6. The molecule has 0 saturated carbocycles. The summed E-state index contributed by atoms with van der Waals surface area (Å²) in [5, 5.41) is 13.9. The number of fused-ring (bicyclic) bond motifs is 3. The van der Waals surface area contributed by atoms with Crippen LogP contribution in [0.5, 0.6) is 5.75 Å². The Kier molecular flexibility index (Phi) is 6.46. The molecule has 4 aromatic rings. The van der Waals surface area contributed by atoms with Gasteiger partial charge in [0.25, 0.3) is 0 Å². The van der Waals surface area contributed by atoms with Gasteiger partial charge in [-0.3, -0.25) is 14.6 Å². The highest BCUT2D eigenvalue weighted by atomic mass is 19.1. The van der Waals surface area contributed by atoms with Gasteiger partial charge in [0.05, 0.1) is 30.3 Å². The number of piperidine rings is 1. The minimum atomic E-state index is -0.507. The number of nitrogen functional groups attached to an aromatic ring is 1. The van der Waals surface area contributed by atoms with Crippen molar-refractivity contribution in [2.24, 2.45) is 0 Å². The maximum absolute atomic E-state index is 14.2. The van der Waals surface area contributed by atoms with Crippen molar-refractivity contribution in [3.8, 4) is 28.1 Å². The molecule has 5 heterocycles. The van der Waals surface area contributed by atoms with E-state index < -0.39 is 12.4 Å². The molecule has 2 fully saturated rings. The van der Waals surface area contributed by atoms with Crippen LogP contribution in [-0.2, 0) is 4.79 Å². The molecular weight excluding hydrogens is 515 g/mol. The molecular formula is C29H29FN6O4. The minimum absolute atomic E-state index is 0.00799. The van der Waals surface area contributed by atoms with Gasteiger partial charge in [-0.2, -0.15) is 9.61 Å². The molecule has 2 bridgehead atoms. The summed E-state index contributed by atoms with van der Waals surface area (Å²) >= 11 is 0. The maximum atomic E-state index is 14.2. The zero-order valence-electron chi connectivity index (χ0n) is 22.2. The van der Waals surface area contributed by atoms with E-state index in [2.05, 4.69) is 10.1 Å². The van der Waals surface area contributed by atoms with Crippen LogP contribution >= 0.6 is 0 Å². The highest BCUT2D eigenvalue weighted by molar-refractivity contribution is 6.00. The Balaban J connectivity index is 1.38. The van der Waals surface area contributed by atoms with Gasteiger partial charge in [-0.25, -0.2) is 9.37 Å². The number of carbonyl (C=O) groups excluding carboxylic acids is 2. The predicted molar refractivity (Wildman–Crippen MR) is 145 cm³/mol. The summed E-state index contributed by atoms with van der Waals surface area (Å²) in [6.45, 7) is 0.962.